The molecule has 0 saturated carbocycles. The maximum atomic E-state index is 13.3. The van der Waals surface area contributed by atoms with Gasteiger partial charge in [-0.15, -0.1) is 0 Å². The van der Waals surface area contributed by atoms with Crippen molar-refractivity contribution < 1.29 is 19.1 Å². The van der Waals surface area contributed by atoms with Gasteiger partial charge in [-0.2, -0.15) is 0 Å². The molecule has 4 rings (SSSR count). The molecule has 2 aliphatic rings. The van der Waals surface area contributed by atoms with Crippen molar-refractivity contribution in [3.63, 3.8) is 0 Å². The van der Waals surface area contributed by atoms with E-state index in [9.17, 15) is 9.59 Å². The van der Waals surface area contributed by atoms with E-state index in [1.165, 1.54) is 12.0 Å². The molecule has 0 aromatic heterocycles. The number of piperazine rings is 1. The number of methoxy groups -OCH3 is 2. The summed E-state index contributed by atoms with van der Waals surface area (Å²) in [5, 5.41) is 3.56. The van der Waals surface area contributed by atoms with Crippen LogP contribution in [-0.4, -0.2) is 68.8 Å². The Labute approximate surface area is 192 Å². The molecule has 0 bridgehead atoms. The molecule has 9 heteroatoms. The number of nitrogens with zero attached hydrogens (tertiary/aromatic N) is 3. The second-order valence-corrected chi connectivity index (χ2v) is 8.52. The van der Waals surface area contributed by atoms with Crippen LogP contribution in [0, 0.1) is 0 Å². The molecule has 2 heterocycles. The molecule has 2 aromatic rings. The number of urea groups is 1. The van der Waals surface area contributed by atoms with Crippen molar-refractivity contribution >= 4 is 29.2 Å². The van der Waals surface area contributed by atoms with Crippen molar-refractivity contribution in [2.45, 2.75) is 12.5 Å². The van der Waals surface area contributed by atoms with E-state index in [0.29, 0.717) is 22.1 Å². The summed E-state index contributed by atoms with van der Waals surface area (Å²) in [5.74, 6) is 0.780. The lowest BCUT2D eigenvalue weighted by molar-refractivity contribution is -0.132. The highest BCUT2D eigenvalue weighted by Gasteiger charge is 2.49. The van der Waals surface area contributed by atoms with Crippen LogP contribution in [0.1, 0.15) is 12.5 Å². The molecule has 1 N–H and O–H groups in total. The third-order valence-corrected chi connectivity index (χ3v) is 6.36. The van der Waals surface area contributed by atoms with Crippen molar-refractivity contribution in [1.29, 1.82) is 0 Å². The standard InChI is InChI=1S/C23H27ClN4O4/c1-23(16-7-8-19(31-2)20(13-16)32-3)21(29)28(22(30)25-23)15-26-9-11-27(12-10-26)18-6-4-5-17(24)14-18/h4-8,13-14H,9-12,15H2,1-3H3,(H,25,30)/t23-/m1/s1. The van der Waals surface area contributed by atoms with Gasteiger partial charge in [-0.3, -0.25) is 9.69 Å². The van der Waals surface area contributed by atoms with E-state index in [2.05, 4.69) is 15.1 Å². The fourth-order valence-corrected chi connectivity index (χ4v) is 4.37. The van der Waals surface area contributed by atoms with Crippen LogP contribution in [0.15, 0.2) is 42.5 Å². The number of benzene rings is 2. The molecule has 3 amide bonds. The van der Waals surface area contributed by atoms with Gasteiger partial charge in [0.1, 0.15) is 5.54 Å². The molecule has 0 radical (unpaired) electrons. The molecule has 170 valence electrons. The fourth-order valence-electron chi connectivity index (χ4n) is 4.19. The van der Waals surface area contributed by atoms with Gasteiger partial charge in [-0.05, 0) is 42.8 Å². The Hall–Kier alpha value is -2.97. The molecule has 0 spiro atoms. The first-order chi connectivity index (χ1) is 15.4. The molecular formula is C23H27ClN4O4. The number of hydrogen-bond acceptors (Lipinski definition) is 6. The van der Waals surface area contributed by atoms with Gasteiger partial charge in [0.25, 0.3) is 5.91 Å². The van der Waals surface area contributed by atoms with Crippen LogP contribution in [0.4, 0.5) is 10.5 Å². The number of ether oxygens (including phenoxy) is 2. The van der Waals surface area contributed by atoms with Crippen molar-refractivity contribution in [3.8, 4) is 11.5 Å². The van der Waals surface area contributed by atoms with Crippen LogP contribution < -0.4 is 19.7 Å². The Morgan fingerprint density at radius 3 is 2.38 bits per heavy atom. The molecule has 0 aliphatic carbocycles. The number of nitrogens with one attached hydrogen (secondary N) is 1. The molecule has 32 heavy (non-hydrogen) atoms. The van der Waals surface area contributed by atoms with Crippen molar-refractivity contribution in [1.82, 2.24) is 15.1 Å². The minimum Gasteiger partial charge on any atom is -0.493 e. The number of amides is 3. The van der Waals surface area contributed by atoms with Crippen molar-refractivity contribution in [2.24, 2.45) is 0 Å². The molecule has 2 saturated heterocycles. The topological polar surface area (TPSA) is 74.4 Å². The van der Waals surface area contributed by atoms with Gasteiger partial charge in [0.15, 0.2) is 11.5 Å². The van der Waals surface area contributed by atoms with E-state index >= 15 is 0 Å². The van der Waals surface area contributed by atoms with Crippen molar-refractivity contribution in [2.75, 3.05) is 52.0 Å². The predicted molar refractivity (Wildman–Crippen MR) is 122 cm³/mol. The third kappa shape index (κ3) is 4.08. The zero-order valence-electron chi connectivity index (χ0n) is 18.4. The quantitative estimate of drug-likeness (QED) is 0.671. The Balaban J connectivity index is 1.44. The average Bonchev–Trinajstić information content (AvgIpc) is 3.03. The number of hydrogen-bond donors (Lipinski definition) is 1. The summed E-state index contributed by atoms with van der Waals surface area (Å²) in [6.45, 7) is 5.00. The van der Waals surface area contributed by atoms with Gasteiger partial charge in [0, 0.05) is 36.9 Å². The zero-order chi connectivity index (χ0) is 22.9. The SMILES string of the molecule is COc1ccc([C@@]2(C)NC(=O)N(CN3CCN(c4cccc(Cl)c4)CC3)C2=O)cc1OC. The normalized spacial score (nSPS) is 21.6. The summed E-state index contributed by atoms with van der Waals surface area (Å²) < 4.78 is 10.6. The smallest absolute Gasteiger partial charge is 0.326 e. The summed E-state index contributed by atoms with van der Waals surface area (Å²) in [4.78, 5) is 31.7. The molecule has 8 nitrogen and oxygen atoms in total. The maximum absolute atomic E-state index is 13.3. The molecular weight excluding hydrogens is 432 g/mol. The van der Waals surface area contributed by atoms with Crippen LogP contribution in [0.5, 0.6) is 11.5 Å². The lowest BCUT2D eigenvalue weighted by Gasteiger charge is -2.37. The van der Waals surface area contributed by atoms with Crippen LogP contribution in [0.3, 0.4) is 0 Å². The Bertz CT molecular complexity index is 1020. The largest absolute Gasteiger partial charge is 0.493 e. The lowest BCUT2D eigenvalue weighted by Crippen LogP contribution is -2.51. The Morgan fingerprint density at radius 2 is 1.72 bits per heavy atom. The third-order valence-electron chi connectivity index (χ3n) is 6.12. The number of carbonyl (C=O) groups excluding carboxylic acids is 2. The molecule has 0 unspecified atom stereocenters. The Kier molecular flexibility index (Phi) is 6.17. The minimum absolute atomic E-state index is 0.247. The molecule has 2 fully saturated rings. The highest BCUT2D eigenvalue weighted by atomic mass is 35.5. The van der Waals surface area contributed by atoms with Crippen LogP contribution in [0.2, 0.25) is 5.02 Å². The van der Waals surface area contributed by atoms with Gasteiger partial charge in [-0.1, -0.05) is 23.7 Å². The highest BCUT2D eigenvalue weighted by molar-refractivity contribution is 6.30. The van der Waals surface area contributed by atoms with Crippen LogP contribution in [0.25, 0.3) is 0 Å². The maximum Gasteiger partial charge on any atom is 0.326 e. The first-order valence-electron chi connectivity index (χ1n) is 10.4. The zero-order valence-corrected chi connectivity index (χ0v) is 19.2. The second-order valence-electron chi connectivity index (χ2n) is 8.08. The van der Waals surface area contributed by atoms with Crippen LogP contribution in [-0.2, 0) is 10.3 Å². The minimum atomic E-state index is -1.17. The summed E-state index contributed by atoms with van der Waals surface area (Å²) >= 11 is 6.11. The number of halogens is 1. The van der Waals surface area contributed by atoms with Gasteiger partial charge < -0.3 is 19.7 Å². The van der Waals surface area contributed by atoms with Gasteiger partial charge in [-0.25, -0.2) is 9.69 Å². The van der Waals surface area contributed by atoms with E-state index < -0.39 is 11.6 Å². The second kappa shape index (κ2) is 8.88. The summed E-state index contributed by atoms with van der Waals surface area (Å²) in [6.07, 6.45) is 0. The van der Waals surface area contributed by atoms with Crippen LogP contribution >= 0.6 is 11.6 Å². The van der Waals surface area contributed by atoms with E-state index in [4.69, 9.17) is 21.1 Å². The van der Waals surface area contributed by atoms with Gasteiger partial charge in [0.2, 0.25) is 0 Å². The lowest BCUT2D eigenvalue weighted by atomic mass is 9.91. The van der Waals surface area contributed by atoms with Gasteiger partial charge in [0.05, 0.1) is 20.9 Å². The predicted octanol–water partition coefficient (Wildman–Crippen LogP) is 2.90. The first kappa shape index (κ1) is 22.2. The number of carbonyl (C=O) groups is 2. The number of rotatable bonds is 6. The van der Waals surface area contributed by atoms with E-state index in [1.807, 2.05) is 24.3 Å². The monoisotopic (exact) mass is 458 g/mol. The first-order valence-corrected chi connectivity index (χ1v) is 10.8. The molecule has 1 atom stereocenters. The molecule has 2 aromatic carbocycles. The summed E-state index contributed by atoms with van der Waals surface area (Å²) in [5.41, 5.74) is 0.550. The summed E-state index contributed by atoms with van der Waals surface area (Å²) in [7, 11) is 3.09. The van der Waals surface area contributed by atoms with E-state index in [1.54, 1.807) is 32.2 Å². The number of anilines is 1. The van der Waals surface area contributed by atoms with Gasteiger partial charge >= 0.3 is 6.03 Å². The van der Waals surface area contributed by atoms with E-state index in [-0.39, 0.29) is 12.6 Å². The van der Waals surface area contributed by atoms with Crippen molar-refractivity contribution in [3.05, 3.63) is 53.1 Å². The summed E-state index contributed by atoms with van der Waals surface area (Å²) in [6, 6.07) is 12.6. The fraction of sp³-hybridized carbons (Fsp3) is 0.391. The molecule has 2 aliphatic heterocycles. The highest BCUT2D eigenvalue weighted by Crippen LogP contribution is 2.35. The average molecular weight is 459 g/mol. The number of imide groups is 1. The van der Waals surface area contributed by atoms with E-state index in [0.717, 1.165) is 31.9 Å². The Morgan fingerprint density at radius 1 is 1.00 bits per heavy atom.